The van der Waals surface area contributed by atoms with Gasteiger partial charge in [0.2, 0.25) is 11.6 Å². The van der Waals surface area contributed by atoms with Gasteiger partial charge in [-0.2, -0.15) is 0 Å². The van der Waals surface area contributed by atoms with Crippen molar-refractivity contribution in [3.8, 4) is 0 Å². The fraction of sp³-hybridized carbons (Fsp3) is 0.0833. The van der Waals surface area contributed by atoms with E-state index in [1.165, 1.54) is 24.5 Å². The van der Waals surface area contributed by atoms with Gasteiger partial charge in [-0.15, -0.1) is 22.7 Å². The molecule has 0 atom stereocenters. The summed E-state index contributed by atoms with van der Waals surface area (Å²) in [7, 11) is 1.27. The lowest BCUT2D eigenvalue weighted by Gasteiger charge is -2.08. The first-order valence-corrected chi connectivity index (χ1v) is 6.72. The molecule has 0 spiro atoms. The maximum atomic E-state index is 12.2. The molecule has 0 aromatic carbocycles. The highest BCUT2D eigenvalue weighted by molar-refractivity contribution is 7.17. The van der Waals surface area contributed by atoms with Gasteiger partial charge in [-0.3, -0.25) is 9.59 Å². The Bertz CT molecular complexity index is 645. The molecule has 0 bridgehead atoms. The zero-order chi connectivity index (χ0) is 12.9. The molecule has 90 valence electrons. The van der Waals surface area contributed by atoms with E-state index in [4.69, 9.17) is 0 Å². The Balaban J connectivity index is 2.19. The van der Waals surface area contributed by atoms with Crippen molar-refractivity contribution in [2.75, 3.05) is 7.11 Å². The number of hydrogen-bond acceptors (Lipinski definition) is 6. The lowest BCUT2D eigenvalue weighted by Crippen LogP contribution is -2.15. The number of hydrogen-bond donors (Lipinski definition) is 0. The number of ether oxygens (including phenoxy) is 1. The molecule has 1 aliphatic carbocycles. The Hall–Kier alpha value is -1.79. The van der Waals surface area contributed by atoms with Crippen molar-refractivity contribution in [3.63, 3.8) is 0 Å². The molecule has 4 nitrogen and oxygen atoms in total. The van der Waals surface area contributed by atoms with Crippen LogP contribution >= 0.6 is 22.7 Å². The van der Waals surface area contributed by atoms with Crippen LogP contribution in [0.3, 0.4) is 0 Å². The average molecular weight is 278 g/mol. The van der Waals surface area contributed by atoms with Crippen LogP contribution in [0.4, 0.5) is 0 Å². The molecule has 6 heteroatoms. The molecule has 1 aliphatic rings. The molecular weight excluding hydrogens is 272 g/mol. The first-order chi connectivity index (χ1) is 8.63. The van der Waals surface area contributed by atoms with Crippen LogP contribution in [-0.4, -0.2) is 24.6 Å². The summed E-state index contributed by atoms with van der Waals surface area (Å²) in [6, 6.07) is 3.08. The summed E-state index contributed by atoms with van der Waals surface area (Å²) in [5, 5.41) is 1.72. The lowest BCUT2D eigenvalue weighted by molar-refractivity contribution is 0.0606. The third-order valence-electron chi connectivity index (χ3n) is 2.69. The van der Waals surface area contributed by atoms with Crippen LogP contribution in [0.5, 0.6) is 0 Å². The second-order valence-corrected chi connectivity index (χ2v) is 5.63. The van der Waals surface area contributed by atoms with Crippen molar-refractivity contribution < 1.29 is 19.1 Å². The first-order valence-electron chi connectivity index (χ1n) is 5.02. The van der Waals surface area contributed by atoms with Gasteiger partial charge in [0.05, 0.1) is 16.9 Å². The van der Waals surface area contributed by atoms with Crippen molar-refractivity contribution in [1.82, 2.24) is 0 Å². The van der Waals surface area contributed by atoms with Crippen LogP contribution in [0.1, 0.15) is 40.1 Å². The van der Waals surface area contributed by atoms with Gasteiger partial charge >= 0.3 is 5.97 Å². The average Bonchev–Trinajstić information content (AvgIpc) is 3.01. The molecule has 3 rings (SSSR count). The van der Waals surface area contributed by atoms with Crippen LogP contribution in [0.2, 0.25) is 0 Å². The standard InChI is InChI=1S/C12H6O4S2/c1-16-12(15)7-4-6-9(14)10-5(2-3-17-10)8(13)11(6)18-7/h2-4H,1H3. The molecule has 2 heterocycles. The summed E-state index contributed by atoms with van der Waals surface area (Å²) >= 11 is 2.25. The molecular formula is C12H6O4S2. The molecule has 0 unspecified atom stereocenters. The Morgan fingerprint density at radius 2 is 1.89 bits per heavy atom. The van der Waals surface area contributed by atoms with E-state index in [-0.39, 0.29) is 16.4 Å². The van der Waals surface area contributed by atoms with Gasteiger partial charge in [0.1, 0.15) is 4.88 Å². The smallest absolute Gasteiger partial charge is 0.348 e. The zero-order valence-electron chi connectivity index (χ0n) is 9.18. The zero-order valence-corrected chi connectivity index (χ0v) is 10.8. The van der Waals surface area contributed by atoms with Gasteiger partial charge in [0, 0.05) is 11.1 Å². The third kappa shape index (κ3) is 1.39. The van der Waals surface area contributed by atoms with Gasteiger partial charge in [-0.05, 0) is 17.5 Å². The van der Waals surface area contributed by atoms with Gasteiger partial charge in [-0.1, -0.05) is 0 Å². The van der Waals surface area contributed by atoms with Crippen molar-refractivity contribution >= 4 is 40.2 Å². The Morgan fingerprint density at radius 1 is 1.17 bits per heavy atom. The molecule has 0 saturated heterocycles. The predicted molar refractivity (Wildman–Crippen MR) is 66.8 cm³/mol. The van der Waals surface area contributed by atoms with E-state index in [0.717, 1.165) is 11.3 Å². The largest absolute Gasteiger partial charge is 0.465 e. The molecule has 0 radical (unpaired) electrons. The van der Waals surface area contributed by atoms with Crippen LogP contribution in [0, 0.1) is 0 Å². The molecule has 2 aromatic heterocycles. The number of ketones is 2. The monoisotopic (exact) mass is 278 g/mol. The molecule has 0 N–H and O–H groups in total. The minimum Gasteiger partial charge on any atom is -0.465 e. The van der Waals surface area contributed by atoms with Crippen LogP contribution in [0.25, 0.3) is 0 Å². The van der Waals surface area contributed by atoms with Gasteiger partial charge in [0.15, 0.2) is 0 Å². The van der Waals surface area contributed by atoms with E-state index >= 15 is 0 Å². The second-order valence-electron chi connectivity index (χ2n) is 3.67. The Labute approximate surface area is 110 Å². The van der Waals surface area contributed by atoms with Crippen molar-refractivity contribution in [2.45, 2.75) is 0 Å². The van der Waals surface area contributed by atoms with E-state index in [9.17, 15) is 14.4 Å². The van der Waals surface area contributed by atoms with Crippen molar-refractivity contribution in [1.29, 1.82) is 0 Å². The number of carbonyl (C=O) groups is 3. The first kappa shape index (κ1) is 11.3. The maximum absolute atomic E-state index is 12.2. The van der Waals surface area contributed by atoms with Gasteiger partial charge in [0.25, 0.3) is 0 Å². The molecule has 0 saturated carbocycles. The van der Waals surface area contributed by atoms with Crippen LogP contribution in [0.15, 0.2) is 17.5 Å². The predicted octanol–water partition coefficient (Wildman–Crippen LogP) is 2.37. The summed E-state index contributed by atoms with van der Waals surface area (Å²) < 4.78 is 4.59. The maximum Gasteiger partial charge on any atom is 0.348 e. The fourth-order valence-electron chi connectivity index (χ4n) is 1.84. The molecule has 2 aromatic rings. The number of methoxy groups -OCH3 is 1. The highest BCUT2D eigenvalue weighted by Crippen LogP contribution is 2.35. The molecule has 18 heavy (non-hydrogen) atoms. The minimum absolute atomic E-state index is 0.194. The van der Waals surface area contributed by atoms with E-state index in [0.29, 0.717) is 20.9 Å². The van der Waals surface area contributed by atoms with E-state index in [1.807, 2.05) is 0 Å². The topological polar surface area (TPSA) is 60.4 Å². The number of fused-ring (bicyclic) bond motifs is 2. The van der Waals surface area contributed by atoms with E-state index in [1.54, 1.807) is 11.4 Å². The highest BCUT2D eigenvalue weighted by Gasteiger charge is 2.34. The second kappa shape index (κ2) is 3.86. The summed E-state index contributed by atoms with van der Waals surface area (Å²) in [5.74, 6) is -0.916. The summed E-state index contributed by atoms with van der Waals surface area (Å²) in [4.78, 5) is 36.8. The quantitative estimate of drug-likeness (QED) is 0.641. The number of carbonyl (C=O) groups excluding carboxylic acids is 3. The molecule has 0 fully saturated rings. The molecule has 0 aliphatic heterocycles. The van der Waals surface area contributed by atoms with Gasteiger partial charge < -0.3 is 4.74 Å². The Kier molecular flexibility index (Phi) is 2.42. The lowest BCUT2D eigenvalue weighted by atomic mass is 9.96. The molecule has 0 amide bonds. The normalized spacial score (nSPS) is 13.2. The summed E-state index contributed by atoms with van der Waals surface area (Å²) in [5.41, 5.74) is 0.733. The van der Waals surface area contributed by atoms with Crippen LogP contribution in [-0.2, 0) is 4.74 Å². The SMILES string of the molecule is COC(=O)c1cc2c(s1)C(=O)c1ccsc1C2=O. The number of esters is 1. The van der Waals surface area contributed by atoms with Crippen molar-refractivity contribution in [3.05, 3.63) is 43.3 Å². The third-order valence-corrected chi connectivity index (χ3v) is 4.71. The van der Waals surface area contributed by atoms with E-state index < -0.39 is 5.97 Å². The minimum atomic E-state index is -0.529. The number of rotatable bonds is 1. The van der Waals surface area contributed by atoms with Crippen molar-refractivity contribution in [2.24, 2.45) is 0 Å². The summed E-state index contributed by atoms with van der Waals surface area (Å²) in [6.45, 7) is 0. The Morgan fingerprint density at radius 3 is 2.61 bits per heavy atom. The highest BCUT2D eigenvalue weighted by atomic mass is 32.1. The van der Waals surface area contributed by atoms with Crippen LogP contribution < -0.4 is 0 Å². The van der Waals surface area contributed by atoms with E-state index in [2.05, 4.69) is 4.74 Å². The summed E-state index contributed by atoms with van der Waals surface area (Å²) in [6.07, 6.45) is 0. The fourth-order valence-corrected chi connectivity index (χ4v) is 3.71. The van der Waals surface area contributed by atoms with Gasteiger partial charge in [-0.25, -0.2) is 4.79 Å². The number of thiophene rings is 2.